The first-order valence-electron chi connectivity index (χ1n) is 6.63. The van der Waals surface area contributed by atoms with Crippen LogP contribution in [0.15, 0.2) is 24.3 Å². The van der Waals surface area contributed by atoms with Crippen LogP contribution in [0.5, 0.6) is 5.75 Å². The van der Waals surface area contributed by atoms with Crippen molar-refractivity contribution in [3.8, 4) is 5.75 Å². The third-order valence-electron chi connectivity index (χ3n) is 3.09. The lowest BCUT2D eigenvalue weighted by Crippen LogP contribution is -2.35. The molecule has 21 heavy (non-hydrogen) atoms. The van der Waals surface area contributed by atoms with Crippen LogP contribution in [0.2, 0.25) is 0 Å². The van der Waals surface area contributed by atoms with Crippen LogP contribution in [0.4, 0.5) is 0 Å². The highest BCUT2D eigenvalue weighted by Crippen LogP contribution is 2.37. The predicted molar refractivity (Wildman–Crippen MR) is 75.6 cm³/mol. The van der Waals surface area contributed by atoms with Gasteiger partial charge in [-0.05, 0) is 25.0 Å². The van der Waals surface area contributed by atoms with Crippen molar-refractivity contribution in [3.05, 3.63) is 24.3 Å². The molecule has 0 aromatic heterocycles. The van der Waals surface area contributed by atoms with E-state index in [2.05, 4.69) is 5.32 Å². The standard InChI is InChI=1S/C13H18NO6P/c15-13(14-8-10-4-3-7-19-10)9-20-11-5-1-2-6-12(11)21(16,17)18/h1-2,5-6,10H,3-4,7-9H2,(H,14,15)(H2,16,17,18)/t10-/m1/s1. The Morgan fingerprint density at radius 2 is 2.19 bits per heavy atom. The van der Waals surface area contributed by atoms with E-state index in [0.717, 1.165) is 12.8 Å². The summed E-state index contributed by atoms with van der Waals surface area (Å²) >= 11 is 0. The molecule has 0 spiro atoms. The molecule has 0 bridgehead atoms. The highest BCUT2D eigenvalue weighted by Gasteiger charge is 2.22. The first kappa shape index (κ1) is 16.0. The molecule has 0 saturated carbocycles. The molecule has 0 unspecified atom stereocenters. The van der Waals surface area contributed by atoms with Crippen molar-refractivity contribution in [3.63, 3.8) is 0 Å². The first-order valence-corrected chi connectivity index (χ1v) is 8.24. The second-order valence-electron chi connectivity index (χ2n) is 4.74. The number of nitrogens with one attached hydrogen (secondary N) is 1. The molecule has 1 saturated heterocycles. The molecule has 1 aromatic carbocycles. The largest absolute Gasteiger partial charge is 0.483 e. The SMILES string of the molecule is O=C(COc1ccccc1P(=O)(O)O)NC[C@H]1CCCO1. The van der Waals surface area contributed by atoms with Crippen LogP contribution >= 0.6 is 7.60 Å². The number of para-hydroxylation sites is 1. The fraction of sp³-hybridized carbons (Fsp3) is 0.462. The highest BCUT2D eigenvalue weighted by molar-refractivity contribution is 7.60. The summed E-state index contributed by atoms with van der Waals surface area (Å²) in [6.07, 6.45) is 1.95. The molecule has 1 heterocycles. The number of hydrogen-bond donors (Lipinski definition) is 3. The maximum atomic E-state index is 11.6. The summed E-state index contributed by atoms with van der Waals surface area (Å²) in [5.74, 6) is -0.343. The molecular weight excluding hydrogens is 297 g/mol. The van der Waals surface area contributed by atoms with Crippen molar-refractivity contribution in [1.82, 2.24) is 5.32 Å². The molecular formula is C13H18NO6P. The third kappa shape index (κ3) is 4.82. The molecule has 0 radical (unpaired) electrons. The van der Waals surface area contributed by atoms with Crippen LogP contribution in [0, 0.1) is 0 Å². The molecule has 8 heteroatoms. The Bertz CT molecular complexity index is 537. The first-order chi connectivity index (χ1) is 9.97. The number of carbonyl (C=O) groups is 1. The zero-order chi connectivity index (χ0) is 15.3. The van der Waals surface area contributed by atoms with Crippen LogP contribution in [0.3, 0.4) is 0 Å². The van der Waals surface area contributed by atoms with E-state index in [1.807, 2.05) is 0 Å². The van der Waals surface area contributed by atoms with E-state index in [-0.39, 0.29) is 29.7 Å². The second-order valence-corrected chi connectivity index (χ2v) is 6.31. The molecule has 7 nitrogen and oxygen atoms in total. The quantitative estimate of drug-likeness (QED) is 0.646. The van der Waals surface area contributed by atoms with E-state index in [4.69, 9.17) is 9.47 Å². The van der Waals surface area contributed by atoms with Gasteiger partial charge in [-0.25, -0.2) is 0 Å². The van der Waals surface area contributed by atoms with E-state index in [0.29, 0.717) is 13.2 Å². The summed E-state index contributed by atoms with van der Waals surface area (Å²) < 4.78 is 21.9. The van der Waals surface area contributed by atoms with Crippen molar-refractivity contribution < 1.29 is 28.6 Å². The number of amides is 1. The fourth-order valence-corrected chi connectivity index (χ4v) is 2.75. The van der Waals surface area contributed by atoms with Crippen LogP contribution in [0.25, 0.3) is 0 Å². The highest BCUT2D eigenvalue weighted by atomic mass is 31.2. The van der Waals surface area contributed by atoms with E-state index >= 15 is 0 Å². The zero-order valence-electron chi connectivity index (χ0n) is 11.4. The van der Waals surface area contributed by atoms with Crippen molar-refractivity contribution in [2.24, 2.45) is 0 Å². The topological polar surface area (TPSA) is 105 Å². The van der Waals surface area contributed by atoms with E-state index < -0.39 is 7.60 Å². The smallest absolute Gasteiger partial charge is 0.359 e. The summed E-state index contributed by atoms with van der Waals surface area (Å²) in [6, 6.07) is 5.78. The lowest BCUT2D eigenvalue weighted by molar-refractivity contribution is -0.123. The van der Waals surface area contributed by atoms with Crippen LogP contribution < -0.4 is 15.4 Å². The average molecular weight is 315 g/mol. The van der Waals surface area contributed by atoms with Gasteiger partial charge in [-0.2, -0.15) is 0 Å². The Balaban J connectivity index is 1.85. The minimum absolute atomic E-state index is 0.0121. The van der Waals surface area contributed by atoms with Gasteiger partial charge in [-0.15, -0.1) is 0 Å². The van der Waals surface area contributed by atoms with Crippen LogP contribution in [-0.4, -0.2) is 41.6 Å². The molecule has 1 atom stereocenters. The molecule has 1 fully saturated rings. The summed E-state index contributed by atoms with van der Waals surface area (Å²) in [5.41, 5.74) is 0. The van der Waals surface area contributed by atoms with Gasteiger partial charge < -0.3 is 24.6 Å². The molecule has 1 aliphatic rings. The van der Waals surface area contributed by atoms with E-state index in [1.54, 1.807) is 6.07 Å². The number of carbonyl (C=O) groups excluding carboxylic acids is 1. The summed E-state index contributed by atoms with van der Waals surface area (Å²) in [6.45, 7) is 0.832. The monoisotopic (exact) mass is 315 g/mol. The van der Waals surface area contributed by atoms with Crippen molar-refractivity contribution in [2.45, 2.75) is 18.9 Å². The number of benzene rings is 1. The third-order valence-corrected chi connectivity index (χ3v) is 4.09. The van der Waals surface area contributed by atoms with Crippen molar-refractivity contribution in [1.29, 1.82) is 0 Å². The van der Waals surface area contributed by atoms with Gasteiger partial charge in [0.2, 0.25) is 0 Å². The minimum Gasteiger partial charge on any atom is -0.483 e. The van der Waals surface area contributed by atoms with Gasteiger partial charge in [0.05, 0.1) is 6.10 Å². The lowest BCUT2D eigenvalue weighted by atomic mass is 10.2. The Morgan fingerprint density at radius 1 is 1.43 bits per heavy atom. The van der Waals surface area contributed by atoms with Gasteiger partial charge in [0.15, 0.2) is 6.61 Å². The van der Waals surface area contributed by atoms with E-state index in [1.165, 1.54) is 18.2 Å². The molecule has 1 aromatic rings. The molecule has 2 rings (SSSR count). The van der Waals surface area contributed by atoms with Crippen molar-refractivity contribution in [2.75, 3.05) is 19.8 Å². The fourth-order valence-electron chi connectivity index (χ4n) is 2.05. The Hall–Kier alpha value is -1.40. The van der Waals surface area contributed by atoms with Gasteiger partial charge in [0.25, 0.3) is 5.91 Å². The maximum absolute atomic E-state index is 11.6. The maximum Gasteiger partial charge on any atom is 0.359 e. The van der Waals surface area contributed by atoms with Gasteiger partial charge in [0, 0.05) is 13.2 Å². The predicted octanol–water partition coefficient (Wildman–Crippen LogP) is 0.164. The molecule has 0 aliphatic carbocycles. The molecule has 1 amide bonds. The Morgan fingerprint density at radius 3 is 2.86 bits per heavy atom. The van der Waals surface area contributed by atoms with E-state index in [9.17, 15) is 19.1 Å². The van der Waals surface area contributed by atoms with Crippen LogP contribution in [-0.2, 0) is 14.1 Å². The van der Waals surface area contributed by atoms with Gasteiger partial charge >= 0.3 is 7.60 Å². The van der Waals surface area contributed by atoms with Crippen LogP contribution in [0.1, 0.15) is 12.8 Å². The number of hydrogen-bond acceptors (Lipinski definition) is 4. The molecule has 3 N–H and O–H groups in total. The Labute approximate surface area is 122 Å². The van der Waals surface area contributed by atoms with Crippen molar-refractivity contribution >= 4 is 18.8 Å². The summed E-state index contributed by atoms with van der Waals surface area (Å²) in [7, 11) is -4.42. The summed E-state index contributed by atoms with van der Waals surface area (Å²) in [5, 5.41) is 2.44. The van der Waals surface area contributed by atoms with Gasteiger partial charge in [0.1, 0.15) is 11.1 Å². The normalized spacial score (nSPS) is 18.5. The molecule has 116 valence electrons. The average Bonchev–Trinajstić information content (AvgIpc) is 2.95. The Kier molecular flexibility index (Phi) is 5.36. The number of ether oxygens (including phenoxy) is 2. The second kappa shape index (κ2) is 7.04. The molecule has 1 aliphatic heterocycles. The lowest BCUT2D eigenvalue weighted by Gasteiger charge is -2.13. The minimum atomic E-state index is -4.42. The van der Waals surface area contributed by atoms with Gasteiger partial charge in [-0.3, -0.25) is 9.36 Å². The zero-order valence-corrected chi connectivity index (χ0v) is 12.3. The van der Waals surface area contributed by atoms with Gasteiger partial charge in [-0.1, -0.05) is 12.1 Å². The summed E-state index contributed by atoms with van der Waals surface area (Å²) in [4.78, 5) is 30.0. The number of rotatable bonds is 6.